The van der Waals surface area contributed by atoms with Gasteiger partial charge in [-0.05, 0) is 74.7 Å². The van der Waals surface area contributed by atoms with E-state index in [1.165, 1.54) is 23.1 Å². The van der Waals surface area contributed by atoms with E-state index in [1.807, 2.05) is 20.8 Å². The molecule has 8 nitrogen and oxygen atoms in total. The number of nitrogens with one attached hydrogen (secondary N) is 1. The van der Waals surface area contributed by atoms with Crippen molar-refractivity contribution in [3.05, 3.63) is 88.4 Å². The lowest BCUT2D eigenvalue weighted by Gasteiger charge is -2.32. The zero-order chi connectivity index (χ0) is 29.4. The number of carbonyl (C=O) groups is 2. The number of sulfonamides is 1. The van der Waals surface area contributed by atoms with E-state index in [0.717, 1.165) is 27.4 Å². The van der Waals surface area contributed by atoms with Crippen LogP contribution in [0.3, 0.4) is 0 Å². The van der Waals surface area contributed by atoms with Crippen LogP contribution in [0.1, 0.15) is 37.0 Å². The van der Waals surface area contributed by atoms with Crippen molar-refractivity contribution in [3.63, 3.8) is 0 Å². The Balaban J connectivity index is 2.03. The van der Waals surface area contributed by atoms with Crippen LogP contribution in [0.15, 0.2) is 71.6 Å². The van der Waals surface area contributed by atoms with E-state index >= 15 is 0 Å². The van der Waals surface area contributed by atoms with E-state index < -0.39 is 28.5 Å². The SMILES string of the molecule is CCCNC(=O)[C@@H](C)N(Cc1ccc(OC)cc1)C(=O)CN(c1ccc(C)c(Cl)c1)S(=O)(=O)c1ccc(C)cc1. The second-order valence-corrected chi connectivity index (χ2v) is 11.9. The molecule has 0 radical (unpaired) electrons. The number of hydrogen-bond donors (Lipinski definition) is 1. The Bertz CT molecular complexity index is 1430. The predicted octanol–water partition coefficient (Wildman–Crippen LogP) is 5.10. The molecule has 0 bridgehead atoms. The Kier molecular flexibility index (Phi) is 10.6. The average Bonchev–Trinajstić information content (AvgIpc) is 2.94. The van der Waals surface area contributed by atoms with Crippen LogP contribution in [0, 0.1) is 13.8 Å². The minimum absolute atomic E-state index is 0.0399. The second-order valence-electron chi connectivity index (χ2n) is 9.59. The first-order valence-corrected chi connectivity index (χ1v) is 14.9. The Morgan fingerprint density at radius 2 is 1.65 bits per heavy atom. The number of anilines is 1. The highest BCUT2D eigenvalue weighted by Gasteiger charge is 2.32. The summed E-state index contributed by atoms with van der Waals surface area (Å²) in [6, 6.07) is 17.5. The summed E-state index contributed by atoms with van der Waals surface area (Å²) >= 11 is 6.37. The summed E-state index contributed by atoms with van der Waals surface area (Å²) in [5.41, 5.74) is 2.68. The van der Waals surface area contributed by atoms with E-state index in [1.54, 1.807) is 62.6 Å². The largest absolute Gasteiger partial charge is 0.497 e. The van der Waals surface area contributed by atoms with Gasteiger partial charge in [-0.25, -0.2) is 8.42 Å². The fourth-order valence-electron chi connectivity index (χ4n) is 4.01. The summed E-state index contributed by atoms with van der Waals surface area (Å²) < 4.78 is 34.1. The number of benzene rings is 3. The topological polar surface area (TPSA) is 96.0 Å². The van der Waals surface area contributed by atoms with Crippen molar-refractivity contribution < 1.29 is 22.7 Å². The van der Waals surface area contributed by atoms with E-state index in [9.17, 15) is 18.0 Å². The molecule has 0 saturated carbocycles. The van der Waals surface area contributed by atoms with Crippen molar-refractivity contribution in [2.75, 3.05) is 24.5 Å². The highest BCUT2D eigenvalue weighted by molar-refractivity contribution is 7.92. The van der Waals surface area contributed by atoms with Gasteiger partial charge in [-0.3, -0.25) is 13.9 Å². The van der Waals surface area contributed by atoms with E-state index in [2.05, 4.69) is 5.32 Å². The summed E-state index contributed by atoms with van der Waals surface area (Å²) in [4.78, 5) is 28.3. The molecular formula is C30H36ClN3O5S. The quantitative estimate of drug-likeness (QED) is 0.319. The molecule has 1 atom stereocenters. The third kappa shape index (κ3) is 7.55. The lowest BCUT2D eigenvalue weighted by Crippen LogP contribution is -2.51. The van der Waals surface area contributed by atoms with Crippen LogP contribution >= 0.6 is 11.6 Å². The Hall–Kier alpha value is -3.56. The van der Waals surface area contributed by atoms with Crippen molar-refractivity contribution in [2.45, 2.75) is 51.6 Å². The van der Waals surface area contributed by atoms with Crippen LogP contribution in [-0.4, -0.2) is 51.4 Å². The molecule has 0 fully saturated rings. The predicted molar refractivity (Wildman–Crippen MR) is 158 cm³/mol. The lowest BCUT2D eigenvalue weighted by molar-refractivity contribution is -0.139. The molecule has 1 N–H and O–H groups in total. The normalized spacial score (nSPS) is 11.9. The molecule has 0 spiro atoms. The fraction of sp³-hybridized carbons (Fsp3) is 0.333. The van der Waals surface area contributed by atoms with Crippen LogP contribution in [0.4, 0.5) is 5.69 Å². The van der Waals surface area contributed by atoms with E-state index in [4.69, 9.17) is 16.3 Å². The summed E-state index contributed by atoms with van der Waals surface area (Å²) in [6.07, 6.45) is 0.738. The van der Waals surface area contributed by atoms with Crippen LogP contribution in [-0.2, 0) is 26.2 Å². The maximum Gasteiger partial charge on any atom is 0.264 e. The Morgan fingerprint density at radius 3 is 2.23 bits per heavy atom. The second kappa shape index (κ2) is 13.7. The van der Waals surface area contributed by atoms with Crippen LogP contribution in [0.2, 0.25) is 5.02 Å². The van der Waals surface area contributed by atoms with Gasteiger partial charge in [0.1, 0.15) is 18.3 Å². The molecule has 214 valence electrons. The summed E-state index contributed by atoms with van der Waals surface area (Å²) in [6.45, 7) is 7.26. The molecule has 40 heavy (non-hydrogen) atoms. The summed E-state index contributed by atoms with van der Waals surface area (Å²) in [7, 11) is -2.60. The number of hydrogen-bond acceptors (Lipinski definition) is 5. The molecule has 0 unspecified atom stereocenters. The first-order valence-electron chi connectivity index (χ1n) is 13.0. The summed E-state index contributed by atoms with van der Waals surface area (Å²) in [5, 5.41) is 3.20. The number of aryl methyl sites for hydroxylation is 2. The average molecular weight is 586 g/mol. The van der Waals surface area contributed by atoms with Gasteiger partial charge in [0.25, 0.3) is 10.0 Å². The highest BCUT2D eigenvalue weighted by Crippen LogP contribution is 2.29. The monoisotopic (exact) mass is 585 g/mol. The molecular weight excluding hydrogens is 550 g/mol. The molecule has 10 heteroatoms. The molecule has 0 aliphatic carbocycles. The zero-order valence-electron chi connectivity index (χ0n) is 23.5. The molecule has 3 aromatic rings. The van der Waals surface area contributed by atoms with Gasteiger partial charge in [0, 0.05) is 18.1 Å². The molecule has 3 aromatic carbocycles. The minimum Gasteiger partial charge on any atom is -0.497 e. The first-order chi connectivity index (χ1) is 19.0. The molecule has 0 aromatic heterocycles. The van der Waals surface area contributed by atoms with Gasteiger partial charge in [-0.2, -0.15) is 0 Å². The molecule has 0 aliphatic rings. The van der Waals surface area contributed by atoms with Gasteiger partial charge in [0.05, 0.1) is 17.7 Å². The maximum absolute atomic E-state index is 13.9. The number of ether oxygens (including phenoxy) is 1. The molecule has 0 aliphatic heterocycles. The molecule has 2 amide bonds. The van der Waals surface area contributed by atoms with Crippen LogP contribution < -0.4 is 14.4 Å². The van der Waals surface area contributed by atoms with E-state index in [0.29, 0.717) is 17.3 Å². The first kappa shape index (κ1) is 31.0. The van der Waals surface area contributed by atoms with Gasteiger partial charge in [0.2, 0.25) is 11.8 Å². The fourth-order valence-corrected chi connectivity index (χ4v) is 5.59. The standard InChI is InChI=1S/C30H36ClN3O5S/c1-6-17-32-30(36)23(4)33(19-24-10-13-26(39-5)14-11-24)29(35)20-34(25-12-9-22(3)28(31)18-25)40(37,38)27-15-7-21(2)8-16-27/h7-16,18,23H,6,17,19-20H2,1-5H3,(H,32,36)/t23-/m1/s1. The van der Waals surface area contributed by atoms with Crippen molar-refractivity contribution in [1.82, 2.24) is 10.2 Å². The minimum atomic E-state index is -4.16. The van der Waals surface area contributed by atoms with Crippen LogP contribution in [0.5, 0.6) is 5.75 Å². The van der Waals surface area contributed by atoms with Crippen molar-refractivity contribution in [2.24, 2.45) is 0 Å². The van der Waals surface area contributed by atoms with Gasteiger partial charge < -0.3 is 15.0 Å². The summed E-state index contributed by atoms with van der Waals surface area (Å²) in [5.74, 6) is -0.209. The Labute approximate surface area is 241 Å². The molecule has 0 saturated heterocycles. The number of halogens is 1. The van der Waals surface area contributed by atoms with Crippen molar-refractivity contribution >= 4 is 39.1 Å². The van der Waals surface area contributed by atoms with Gasteiger partial charge >= 0.3 is 0 Å². The molecule has 3 rings (SSSR count). The molecule has 0 heterocycles. The van der Waals surface area contributed by atoms with Crippen LogP contribution in [0.25, 0.3) is 0 Å². The smallest absolute Gasteiger partial charge is 0.264 e. The van der Waals surface area contributed by atoms with Crippen molar-refractivity contribution in [3.8, 4) is 5.75 Å². The number of methoxy groups -OCH3 is 1. The number of carbonyl (C=O) groups excluding carboxylic acids is 2. The number of nitrogens with zero attached hydrogens (tertiary/aromatic N) is 2. The van der Waals surface area contributed by atoms with Gasteiger partial charge in [0.15, 0.2) is 0 Å². The maximum atomic E-state index is 13.9. The number of amides is 2. The van der Waals surface area contributed by atoms with Crippen molar-refractivity contribution in [1.29, 1.82) is 0 Å². The van der Waals surface area contributed by atoms with Gasteiger partial charge in [-0.1, -0.05) is 54.4 Å². The number of rotatable bonds is 12. The highest BCUT2D eigenvalue weighted by atomic mass is 35.5. The lowest BCUT2D eigenvalue weighted by atomic mass is 10.1. The third-order valence-corrected chi connectivity index (χ3v) is 8.76. The third-order valence-electron chi connectivity index (χ3n) is 6.56. The van der Waals surface area contributed by atoms with Gasteiger partial charge in [-0.15, -0.1) is 0 Å². The zero-order valence-corrected chi connectivity index (χ0v) is 25.1. The Morgan fingerprint density at radius 1 is 1.00 bits per heavy atom. The van der Waals surface area contributed by atoms with E-state index in [-0.39, 0.29) is 23.0 Å².